The third-order valence-corrected chi connectivity index (χ3v) is 5.43. The largest absolute Gasteiger partial charge is 0.361 e. The quantitative estimate of drug-likeness (QED) is 0.619. The number of carbonyl (C=O) groups is 1. The Morgan fingerprint density at radius 2 is 1.81 bits per heavy atom. The maximum absolute atomic E-state index is 12.8. The van der Waals surface area contributed by atoms with Crippen LogP contribution in [0.4, 0.5) is 0 Å². The summed E-state index contributed by atoms with van der Waals surface area (Å²) >= 11 is 1.62. The minimum absolute atomic E-state index is 0.0516. The van der Waals surface area contributed by atoms with Crippen molar-refractivity contribution in [2.75, 3.05) is 0 Å². The van der Waals surface area contributed by atoms with Crippen LogP contribution in [0.2, 0.25) is 0 Å². The molecule has 1 aromatic heterocycles. The lowest BCUT2D eigenvalue weighted by Crippen LogP contribution is -2.27. The summed E-state index contributed by atoms with van der Waals surface area (Å²) in [5, 5.41) is 7.08. The number of amides is 1. The molecule has 4 nitrogen and oxygen atoms in total. The summed E-state index contributed by atoms with van der Waals surface area (Å²) in [6.45, 7) is 5.84. The van der Waals surface area contributed by atoms with Gasteiger partial charge >= 0.3 is 0 Å². The third kappa shape index (κ3) is 4.17. The van der Waals surface area contributed by atoms with Gasteiger partial charge < -0.3 is 9.84 Å². The molecule has 0 saturated heterocycles. The highest BCUT2D eigenvalue weighted by Crippen LogP contribution is 2.29. The zero-order chi connectivity index (χ0) is 18.5. The Labute approximate surface area is 158 Å². The van der Waals surface area contributed by atoms with E-state index in [0.717, 1.165) is 33.2 Å². The van der Waals surface area contributed by atoms with Gasteiger partial charge in [-0.25, -0.2) is 0 Å². The van der Waals surface area contributed by atoms with Crippen molar-refractivity contribution in [3.63, 3.8) is 0 Å². The molecule has 0 spiro atoms. The number of nitrogens with zero attached hydrogens (tertiary/aromatic N) is 1. The van der Waals surface area contributed by atoms with Crippen LogP contribution in [0.3, 0.4) is 0 Å². The number of aryl methyl sites for hydroxylation is 2. The molecule has 0 aliphatic heterocycles. The third-order valence-electron chi connectivity index (χ3n) is 4.33. The number of thioether (sulfide) groups is 1. The normalized spacial score (nSPS) is 12.0. The van der Waals surface area contributed by atoms with Gasteiger partial charge in [0.1, 0.15) is 5.76 Å². The number of carbonyl (C=O) groups excluding carboxylic acids is 1. The summed E-state index contributed by atoms with van der Waals surface area (Å²) in [5.41, 5.74) is 3.76. The van der Waals surface area contributed by atoms with Gasteiger partial charge in [0.25, 0.3) is 5.91 Å². The monoisotopic (exact) mass is 366 g/mol. The molecule has 1 heterocycles. The Balaban J connectivity index is 1.73. The first-order chi connectivity index (χ1) is 12.6. The Kier molecular flexibility index (Phi) is 5.78. The van der Waals surface area contributed by atoms with Crippen LogP contribution in [0, 0.1) is 13.8 Å². The van der Waals surface area contributed by atoms with Crippen molar-refractivity contribution in [2.45, 2.75) is 37.5 Å². The molecule has 0 fully saturated rings. The second-order valence-electron chi connectivity index (χ2n) is 6.19. The van der Waals surface area contributed by atoms with E-state index in [1.54, 1.807) is 11.8 Å². The van der Waals surface area contributed by atoms with Gasteiger partial charge in [-0.15, -0.1) is 11.8 Å². The molecular weight excluding hydrogens is 344 g/mol. The fourth-order valence-corrected chi connectivity index (χ4v) is 3.94. The molecule has 0 aliphatic rings. The van der Waals surface area contributed by atoms with Crippen molar-refractivity contribution in [1.29, 1.82) is 0 Å². The van der Waals surface area contributed by atoms with E-state index in [0.29, 0.717) is 5.56 Å². The predicted molar refractivity (Wildman–Crippen MR) is 104 cm³/mol. The summed E-state index contributed by atoms with van der Waals surface area (Å²) in [4.78, 5) is 13.7. The van der Waals surface area contributed by atoms with E-state index < -0.39 is 0 Å². The highest BCUT2D eigenvalue weighted by Gasteiger charge is 2.16. The van der Waals surface area contributed by atoms with Crippen LogP contribution in [0.15, 0.2) is 64.0 Å². The predicted octanol–water partition coefficient (Wildman–Crippen LogP) is 5.07. The summed E-state index contributed by atoms with van der Waals surface area (Å²) in [6.07, 6.45) is 0. The number of hydrogen-bond donors (Lipinski definition) is 1. The van der Waals surface area contributed by atoms with Gasteiger partial charge in [0, 0.05) is 16.2 Å². The van der Waals surface area contributed by atoms with Gasteiger partial charge in [-0.1, -0.05) is 47.6 Å². The van der Waals surface area contributed by atoms with Crippen LogP contribution < -0.4 is 5.32 Å². The smallest absolute Gasteiger partial charge is 0.252 e. The Hall–Kier alpha value is -2.53. The number of benzene rings is 2. The molecular formula is C21H22N2O2S. The van der Waals surface area contributed by atoms with Crippen LogP contribution >= 0.6 is 11.8 Å². The van der Waals surface area contributed by atoms with Crippen LogP contribution in [0.1, 0.15) is 45.9 Å². The molecule has 0 saturated carbocycles. The zero-order valence-corrected chi connectivity index (χ0v) is 16.0. The number of rotatable bonds is 6. The molecule has 1 unspecified atom stereocenters. The molecule has 3 rings (SSSR count). The zero-order valence-electron chi connectivity index (χ0n) is 15.2. The topological polar surface area (TPSA) is 55.1 Å². The number of hydrogen-bond acceptors (Lipinski definition) is 4. The fourth-order valence-electron chi connectivity index (χ4n) is 2.74. The summed E-state index contributed by atoms with van der Waals surface area (Å²) < 4.78 is 5.22. The van der Waals surface area contributed by atoms with E-state index >= 15 is 0 Å². The first-order valence-electron chi connectivity index (χ1n) is 8.55. The van der Waals surface area contributed by atoms with E-state index in [-0.39, 0.29) is 11.9 Å². The van der Waals surface area contributed by atoms with Crippen molar-refractivity contribution in [3.8, 4) is 0 Å². The average Bonchev–Trinajstić information content (AvgIpc) is 2.98. The van der Waals surface area contributed by atoms with Crippen LogP contribution in [-0.4, -0.2) is 11.1 Å². The first kappa shape index (κ1) is 18.3. The Morgan fingerprint density at radius 3 is 2.50 bits per heavy atom. The van der Waals surface area contributed by atoms with Crippen molar-refractivity contribution >= 4 is 17.7 Å². The van der Waals surface area contributed by atoms with Crippen molar-refractivity contribution in [3.05, 3.63) is 82.7 Å². The molecule has 0 radical (unpaired) electrons. The lowest BCUT2D eigenvalue weighted by atomic mass is 10.1. The van der Waals surface area contributed by atoms with Crippen LogP contribution in [0.5, 0.6) is 0 Å². The van der Waals surface area contributed by atoms with Crippen molar-refractivity contribution in [2.24, 2.45) is 0 Å². The van der Waals surface area contributed by atoms with Crippen molar-refractivity contribution in [1.82, 2.24) is 10.5 Å². The lowest BCUT2D eigenvalue weighted by Gasteiger charge is -2.16. The van der Waals surface area contributed by atoms with Crippen LogP contribution in [0.25, 0.3) is 0 Å². The van der Waals surface area contributed by atoms with Crippen molar-refractivity contribution < 1.29 is 9.32 Å². The van der Waals surface area contributed by atoms with Crippen LogP contribution in [-0.2, 0) is 5.75 Å². The van der Waals surface area contributed by atoms with Gasteiger partial charge in [0.2, 0.25) is 0 Å². The molecule has 3 aromatic rings. The molecule has 1 N–H and O–H groups in total. The van der Waals surface area contributed by atoms with Gasteiger partial charge in [0.15, 0.2) is 0 Å². The van der Waals surface area contributed by atoms with E-state index in [2.05, 4.69) is 10.5 Å². The van der Waals surface area contributed by atoms with Gasteiger partial charge in [-0.3, -0.25) is 4.79 Å². The lowest BCUT2D eigenvalue weighted by molar-refractivity contribution is 0.0937. The molecule has 134 valence electrons. The van der Waals surface area contributed by atoms with E-state index in [1.165, 1.54) is 0 Å². The Bertz CT molecular complexity index is 871. The fraction of sp³-hybridized carbons (Fsp3) is 0.238. The molecule has 5 heteroatoms. The molecule has 1 atom stereocenters. The van der Waals surface area contributed by atoms with E-state index in [1.807, 2.05) is 75.4 Å². The highest BCUT2D eigenvalue weighted by molar-refractivity contribution is 7.98. The maximum atomic E-state index is 12.8. The standard InChI is InChI=1S/C21H22N2O2S/c1-14(17-9-5-4-6-10-17)22-21(24)18-11-7-8-12-20(18)26-13-19-15(2)23-25-16(19)3/h4-12,14H,13H2,1-3H3,(H,22,24). The molecule has 1 amide bonds. The maximum Gasteiger partial charge on any atom is 0.252 e. The molecule has 0 aliphatic carbocycles. The summed E-state index contributed by atoms with van der Waals surface area (Å²) in [5.74, 6) is 1.48. The van der Waals surface area contributed by atoms with E-state index in [9.17, 15) is 4.79 Å². The van der Waals surface area contributed by atoms with E-state index in [4.69, 9.17) is 4.52 Å². The number of aromatic nitrogens is 1. The second-order valence-corrected chi connectivity index (χ2v) is 7.21. The highest BCUT2D eigenvalue weighted by atomic mass is 32.2. The van der Waals surface area contributed by atoms with Gasteiger partial charge in [-0.2, -0.15) is 0 Å². The number of nitrogens with one attached hydrogen (secondary N) is 1. The average molecular weight is 366 g/mol. The molecule has 2 aromatic carbocycles. The second kappa shape index (κ2) is 8.23. The SMILES string of the molecule is Cc1noc(C)c1CSc1ccccc1C(=O)NC(C)c1ccccc1. The summed E-state index contributed by atoms with van der Waals surface area (Å²) in [6, 6.07) is 17.6. The summed E-state index contributed by atoms with van der Waals surface area (Å²) in [7, 11) is 0. The first-order valence-corrected chi connectivity index (χ1v) is 9.54. The minimum atomic E-state index is -0.0665. The van der Waals surface area contributed by atoms with Gasteiger partial charge in [-0.05, 0) is 38.5 Å². The van der Waals surface area contributed by atoms with Gasteiger partial charge in [0.05, 0.1) is 17.3 Å². The Morgan fingerprint density at radius 1 is 1.12 bits per heavy atom. The molecule has 26 heavy (non-hydrogen) atoms. The minimum Gasteiger partial charge on any atom is -0.361 e. The molecule has 0 bridgehead atoms.